The molecule has 1 aliphatic rings. The zero-order valence-electron chi connectivity index (χ0n) is 17.1. The molecule has 3 rings (SSSR count). The van der Waals surface area contributed by atoms with Crippen LogP contribution in [0.15, 0.2) is 12.7 Å². The second kappa shape index (κ2) is 10.2. The topological polar surface area (TPSA) is 229 Å². The molecule has 15 nitrogen and oxygen atoms in total. The van der Waals surface area contributed by atoms with Crippen molar-refractivity contribution in [3.05, 3.63) is 12.7 Å². The van der Waals surface area contributed by atoms with Gasteiger partial charge in [-0.2, -0.15) is 8.42 Å². The maximum absolute atomic E-state index is 11.4. The molecule has 0 amide bonds. The third kappa shape index (κ3) is 6.38. The Morgan fingerprint density at radius 3 is 2.55 bits per heavy atom. The molecule has 0 bridgehead atoms. The first kappa shape index (κ1) is 27.3. The van der Waals surface area contributed by atoms with Crippen LogP contribution < -0.4 is 64.8 Å². The molecule has 0 aromatic carbocycles. The molecule has 0 radical (unpaired) electrons. The third-order valence-corrected chi connectivity index (χ3v) is 5.57. The van der Waals surface area contributed by atoms with Gasteiger partial charge in [0, 0.05) is 0 Å². The molecule has 154 valence electrons. The molecule has 3 heterocycles. The van der Waals surface area contributed by atoms with Crippen molar-refractivity contribution < 1.29 is 108 Å². The zero-order valence-corrected chi connectivity index (χ0v) is 20.8. The van der Waals surface area contributed by atoms with Crippen LogP contribution in [0, 0.1) is 0 Å². The molecule has 1 aliphatic heterocycles. The molecule has 2 aromatic rings. The first-order valence-corrected chi connectivity index (χ1v) is 9.95. The van der Waals surface area contributed by atoms with Gasteiger partial charge in [-0.05, 0) is 0 Å². The van der Waals surface area contributed by atoms with Crippen LogP contribution in [0.2, 0.25) is 0 Å². The second-order valence-corrected chi connectivity index (χ2v) is 8.04. The maximum atomic E-state index is 11.4. The summed E-state index contributed by atoms with van der Waals surface area (Å²) in [4.78, 5) is 20.9. The number of fused-ring (bicyclic) bond motifs is 1. The predicted molar refractivity (Wildman–Crippen MR) is 86.3 cm³/mol. The maximum Gasteiger partial charge on any atom is 1.00 e. The molecule has 0 saturated carbocycles. The van der Waals surface area contributed by atoms with Crippen molar-refractivity contribution >= 4 is 35.2 Å². The summed E-state index contributed by atoms with van der Waals surface area (Å²) in [7, 11) is -10.5. The molecule has 1 saturated heterocycles. The van der Waals surface area contributed by atoms with Crippen LogP contribution in [0.25, 0.3) is 11.2 Å². The van der Waals surface area contributed by atoms with Gasteiger partial charge in [-0.15, -0.1) is 3.97 Å². The van der Waals surface area contributed by atoms with Gasteiger partial charge in [-0.25, -0.2) is 19.5 Å². The number of rotatable bonds is 6. The fourth-order valence-electron chi connectivity index (χ4n) is 2.46. The molecule has 1 fully saturated rings. The molecule has 2 aromatic heterocycles. The van der Waals surface area contributed by atoms with Crippen molar-refractivity contribution in [2.45, 2.75) is 24.5 Å². The van der Waals surface area contributed by atoms with Crippen LogP contribution in [0.5, 0.6) is 0 Å². The molecule has 19 heteroatoms. The minimum atomic E-state index is -5.26. The fraction of sp³-hybridized carbons (Fsp3) is 0.500. The Morgan fingerprint density at radius 1 is 1.28 bits per heavy atom. The van der Waals surface area contributed by atoms with Crippen LogP contribution in [0.3, 0.4) is 0 Å². The quantitative estimate of drug-likeness (QED) is 0.148. The Labute approximate surface area is 210 Å². The van der Waals surface area contributed by atoms with Gasteiger partial charge in [-0.3, -0.25) is 13.6 Å². The number of hydrogen-bond acceptors (Lipinski definition) is 12. The van der Waals surface area contributed by atoms with Gasteiger partial charge in [-0.1, -0.05) is 0 Å². The zero-order chi connectivity index (χ0) is 20.0. The Hall–Kier alpha value is 0.250. The Balaban J connectivity index is 0. The number of nitrogens with two attached hydrogens (primary N) is 1. The molecular weight excluding hydrogens is 459 g/mol. The van der Waals surface area contributed by atoms with E-state index >= 15 is 0 Å². The SMILES string of the molecule is Nc1ncnc2c1ncn2[C@@H]1O[C@H](COP(=O)(O)OS(=O)(=O)O)[C@@H](O)[C@H]1O.[H-].[H-].[Na+].[Na+]. The Bertz CT molecular complexity index is 1020. The van der Waals surface area contributed by atoms with E-state index in [1.807, 2.05) is 0 Å². The van der Waals surface area contributed by atoms with Crippen LogP contribution in [-0.4, -0.2) is 72.5 Å². The van der Waals surface area contributed by atoms with Crippen molar-refractivity contribution in [1.29, 1.82) is 0 Å². The Morgan fingerprint density at radius 2 is 1.93 bits per heavy atom. The van der Waals surface area contributed by atoms with E-state index in [9.17, 15) is 28.1 Å². The van der Waals surface area contributed by atoms with E-state index in [2.05, 4.69) is 23.4 Å². The van der Waals surface area contributed by atoms with E-state index in [4.69, 9.17) is 15.0 Å². The molecule has 0 spiro atoms. The summed E-state index contributed by atoms with van der Waals surface area (Å²) in [5.74, 6) is 0.0789. The largest absolute Gasteiger partial charge is 1.00 e. The summed E-state index contributed by atoms with van der Waals surface area (Å²) in [6.45, 7) is -0.845. The predicted octanol–water partition coefficient (Wildman–Crippen LogP) is -7.80. The van der Waals surface area contributed by atoms with Crippen molar-refractivity contribution in [3.63, 3.8) is 0 Å². The van der Waals surface area contributed by atoms with Crippen molar-refractivity contribution in [2.24, 2.45) is 0 Å². The normalized spacial score (nSPS) is 26.5. The van der Waals surface area contributed by atoms with Gasteiger partial charge in [0.1, 0.15) is 30.2 Å². The standard InChI is InChI=1S/C10H14N5O10PS.2Na.2H/c11-8-5-9(13-2-12-8)15(3-14-5)10-7(17)6(16)4(24-10)1-23-26(18,19)25-27(20,21)22;;;;/h2-4,6-7,10,16-17H,1H2,(H,18,19)(H2,11,12,13)(H,20,21,22);;;;/q;2*+1;2*-1/t4-,6-,7-,10-;;;;/m1..../s1. The van der Waals surface area contributed by atoms with E-state index < -0.39 is 49.4 Å². The van der Waals surface area contributed by atoms with Gasteiger partial charge in [0.15, 0.2) is 17.7 Å². The van der Waals surface area contributed by atoms with E-state index in [-0.39, 0.29) is 78.9 Å². The van der Waals surface area contributed by atoms with Gasteiger partial charge in [0.25, 0.3) is 0 Å². The van der Waals surface area contributed by atoms with E-state index in [1.165, 1.54) is 10.9 Å². The van der Waals surface area contributed by atoms with Gasteiger partial charge < -0.3 is 28.4 Å². The minimum Gasteiger partial charge on any atom is -1.00 e. The van der Waals surface area contributed by atoms with Gasteiger partial charge >= 0.3 is 77.3 Å². The number of imidazole rings is 1. The van der Waals surface area contributed by atoms with E-state index in [0.29, 0.717) is 0 Å². The Kier molecular flexibility index (Phi) is 9.64. The summed E-state index contributed by atoms with van der Waals surface area (Å²) in [5.41, 5.74) is 6.08. The second-order valence-electron chi connectivity index (χ2n) is 5.40. The minimum absolute atomic E-state index is 0. The summed E-state index contributed by atoms with van der Waals surface area (Å²) in [6.07, 6.45) is -3.29. The number of hydrogen-bond donors (Lipinski definition) is 5. The van der Waals surface area contributed by atoms with Crippen molar-refractivity contribution in [2.75, 3.05) is 12.3 Å². The number of aliphatic hydroxyl groups excluding tert-OH is 2. The molecule has 6 N–H and O–H groups in total. The number of phosphoric acid groups is 1. The molecule has 5 atom stereocenters. The van der Waals surface area contributed by atoms with Gasteiger partial charge in [0.05, 0.1) is 12.9 Å². The third-order valence-electron chi connectivity index (χ3n) is 3.59. The number of ether oxygens (including phenoxy) is 1. The molecule has 29 heavy (non-hydrogen) atoms. The fourth-order valence-corrected chi connectivity index (χ4v) is 3.92. The number of nitrogens with zero attached hydrogens (tertiary/aromatic N) is 4. The average molecular weight is 475 g/mol. The number of phosphoric ester groups is 1. The van der Waals surface area contributed by atoms with Crippen LogP contribution in [-0.2, 0) is 28.2 Å². The molecular formula is C10H16N5Na2O10PS. The smallest absolute Gasteiger partial charge is 1.00 e. The number of nitrogen functional groups attached to an aromatic ring is 1. The van der Waals surface area contributed by atoms with Crippen LogP contribution in [0.1, 0.15) is 9.08 Å². The van der Waals surface area contributed by atoms with E-state index in [0.717, 1.165) is 6.33 Å². The molecule has 1 unspecified atom stereocenters. The molecule has 0 aliphatic carbocycles. The van der Waals surface area contributed by atoms with Crippen molar-refractivity contribution in [1.82, 2.24) is 19.5 Å². The first-order valence-electron chi connectivity index (χ1n) is 7.09. The monoisotopic (exact) mass is 475 g/mol. The first-order chi connectivity index (χ1) is 12.5. The summed E-state index contributed by atoms with van der Waals surface area (Å²) in [6, 6.07) is 0. The summed E-state index contributed by atoms with van der Waals surface area (Å²) >= 11 is 0. The van der Waals surface area contributed by atoms with Crippen molar-refractivity contribution in [3.8, 4) is 0 Å². The number of aromatic nitrogens is 4. The van der Waals surface area contributed by atoms with E-state index in [1.54, 1.807) is 0 Å². The van der Waals surface area contributed by atoms with Gasteiger partial charge in [0.2, 0.25) is 0 Å². The summed E-state index contributed by atoms with van der Waals surface area (Å²) < 4.78 is 55.3. The van der Waals surface area contributed by atoms with Crippen LogP contribution >= 0.6 is 7.82 Å². The summed E-state index contributed by atoms with van der Waals surface area (Å²) in [5, 5.41) is 20.2. The average Bonchev–Trinajstić information content (AvgIpc) is 3.07. The number of anilines is 1. The van der Waals surface area contributed by atoms with Crippen LogP contribution in [0.4, 0.5) is 5.82 Å². The number of aliphatic hydroxyl groups is 2.